The van der Waals surface area contributed by atoms with Gasteiger partial charge in [0.05, 0.1) is 11.6 Å². The molecule has 2 amide bonds. The van der Waals surface area contributed by atoms with Gasteiger partial charge in [0.1, 0.15) is 0 Å². The Kier molecular flexibility index (Phi) is 4.10. The zero-order valence-corrected chi connectivity index (χ0v) is 11.8. The number of rotatable bonds is 3. The maximum Gasteiger partial charge on any atom is 0.239 e. The minimum atomic E-state index is -0.638. The van der Waals surface area contributed by atoms with Gasteiger partial charge in [0.2, 0.25) is 11.8 Å². The lowest BCUT2D eigenvalue weighted by molar-refractivity contribution is -0.137. The number of hydrogen-bond donors (Lipinski definition) is 2. The molecule has 2 aliphatic heterocycles. The Morgan fingerprint density at radius 1 is 1.21 bits per heavy atom. The fraction of sp³-hybridized carbons (Fsp3) is 0.846. The topological polar surface area (TPSA) is 78.7 Å². The molecule has 0 radical (unpaired) electrons. The van der Waals surface area contributed by atoms with Crippen molar-refractivity contribution in [3.8, 4) is 0 Å². The van der Waals surface area contributed by atoms with Gasteiger partial charge < -0.3 is 16.0 Å². The number of hydrogen-bond acceptors (Lipinski definition) is 4. The van der Waals surface area contributed by atoms with Crippen molar-refractivity contribution in [3.63, 3.8) is 0 Å². The second-order valence-electron chi connectivity index (χ2n) is 5.88. The average molecular weight is 268 g/mol. The SMILES string of the molecule is CC(C)(C(N)=O)N1CCN(C(=O)C2CCCN2)CC1. The molecule has 2 saturated heterocycles. The number of nitrogens with zero attached hydrogens (tertiary/aromatic N) is 2. The molecular weight excluding hydrogens is 244 g/mol. The number of carbonyl (C=O) groups is 2. The predicted molar refractivity (Wildman–Crippen MR) is 72.5 cm³/mol. The number of nitrogens with one attached hydrogen (secondary N) is 1. The summed E-state index contributed by atoms with van der Waals surface area (Å²) in [6.07, 6.45) is 2.01. The van der Waals surface area contributed by atoms with Crippen LogP contribution in [0.5, 0.6) is 0 Å². The first kappa shape index (κ1) is 14.3. The third-order valence-electron chi connectivity index (χ3n) is 4.34. The molecule has 1 atom stereocenters. The molecule has 0 aliphatic carbocycles. The molecule has 1 unspecified atom stereocenters. The quantitative estimate of drug-likeness (QED) is 0.698. The van der Waals surface area contributed by atoms with Gasteiger partial charge in [-0.05, 0) is 33.2 Å². The highest BCUT2D eigenvalue weighted by Crippen LogP contribution is 2.18. The number of piperazine rings is 1. The molecule has 0 spiro atoms. The van der Waals surface area contributed by atoms with Gasteiger partial charge in [-0.1, -0.05) is 0 Å². The second-order valence-corrected chi connectivity index (χ2v) is 5.88. The summed E-state index contributed by atoms with van der Waals surface area (Å²) in [6.45, 7) is 7.37. The van der Waals surface area contributed by atoms with Gasteiger partial charge in [-0.2, -0.15) is 0 Å². The van der Waals surface area contributed by atoms with Crippen LogP contribution in [0.25, 0.3) is 0 Å². The van der Waals surface area contributed by atoms with E-state index in [0.717, 1.165) is 19.4 Å². The van der Waals surface area contributed by atoms with Crippen LogP contribution in [0.1, 0.15) is 26.7 Å². The van der Waals surface area contributed by atoms with E-state index in [-0.39, 0.29) is 17.9 Å². The Hall–Kier alpha value is -1.14. The molecule has 0 aromatic carbocycles. The van der Waals surface area contributed by atoms with Crippen LogP contribution < -0.4 is 11.1 Å². The van der Waals surface area contributed by atoms with Crippen LogP contribution in [0.2, 0.25) is 0 Å². The number of nitrogens with two attached hydrogens (primary N) is 1. The van der Waals surface area contributed by atoms with Crippen molar-refractivity contribution in [1.82, 2.24) is 15.1 Å². The van der Waals surface area contributed by atoms with Crippen LogP contribution in [-0.4, -0.2) is 65.9 Å². The predicted octanol–water partition coefficient (Wildman–Crippen LogP) is -0.853. The molecule has 108 valence electrons. The normalized spacial score (nSPS) is 25.6. The summed E-state index contributed by atoms with van der Waals surface area (Å²) in [7, 11) is 0. The lowest BCUT2D eigenvalue weighted by Crippen LogP contribution is -2.61. The molecule has 2 heterocycles. The van der Waals surface area contributed by atoms with Crippen molar-refractivity contribution in [2.45, 2.75) is 38.3 Å². The first-order valence-electron chi connectivity index (χ1n) is 7.00. The van der Waals surface area contributed by atoms with Crippen LogP contribution in [0, 0.1) is 0 Å². The standard InChI is InChI=1S/C13H24N4O2/c1-13(2,12(14)19)17-8-6-16(7-9-17)11(18)10-4-3-5-15-10/h10,15H,3-9H2,1-2H3,(H2,14,19). The van der Waals surface area contributed by atoms with Crippen molar-refractivity contribution in [2.75, 3.05) is 32.7 Å². The number of carbonyl (C=O) groups excluding carboxylic acids is 2. The van der Waals surface area contributed by atoms with E-state index in [1.807, 2.05) is 18.7 Å². The highest BCUT2D eigenvalue weighted by molar-refractivity contribution is 5.84. The highest BCUT2D eigenvalue weighted by atomic mass is 16.2. The lowest BCUT2D eigenvalue weighted by atomic mass is 10.0. The van der Waals surface area contributed by atoms with Crippen molar-refractivity contribution >= 4 is 11.8 Å². The highest BCUT2D eigenvalue weighted by Gasteiger charge is 2.36. The molecule has 0 aromatic heterocycles. The van der Waals surface area contributed by atoms with Gasteiger partial charge in [-0.3, -0.25) is 14.5 Å². The van der Waals surface area contributed by atoms with Gasteiger partial charge in [0.25, 0.3) is 0 Å². The first-order chi connectivity index (χ1) is 8.93. The largest absolute Gasteiger partial charge is 0.368 e. The second kappa shape index (κ2) is 5.46. The first-order valence-corrected chi connectivity index (χ1v) is 7.00. The number of amides is 2. The minimum Gasteiger partial charge on any atom is -0.368 e. The van der Waals surface area contributed by atoms with E-state index in [1.165, 1.54) is 0 Å². The van der Waals surface area contributed by atoms with Crippen LogP contribution in [0.15, 0.2) is 0 Å². The Labute approximate surface area is 114 Å². The Balaban J connectivity index is 1.88. The Bertz CT molecular complexity index is 356. The van der Waals surface area contributed by atoms with Crippen molar-refractivity contribution < 1.29 is 9.59 Å². The van der Waals surface area contributed by atoms with E-state index in [1.54, 1.807) is 0 Å². The minimum absolute atomic E-state index is 0.00398. The zero-order chi connectivity index (χ0) is 14.0. The lowest BCUT2D eigenvalue weighted by Gasteiger charge is -2.42. The molecule has 0 aromatic rings. The molecule has 6 heteroatoms. The zero-order valence-electron chi connectivity index (χ0n) is 11.8. The summed E-state index contributed by atoms with van der Waals surface area (Å²) in [5.41, 5.74) is 4.79. The van der Waals surface area contributed by atoms with E-state index in [4.69, 9.17) is 5.73 Å². The van der Waals surface area contributed by atoms with Crippen LogP contribution in [-0.2, 0) is 9.59 Å². The summed E-state index contributed by atoms with van der Waals surface area (Å²) in [5.74, 6) is -0.112. The third-order valence-corrected chi connectivity index (χ3v) is 4.34. The maximum absolute atomic E-state index is 12.2. The van der Waals surface area contributed by atoms with E-state index in [0.29, 0.717) is 26.2 Å². The molecule has 3 N–H and O–H groups in total. The Morgan fingerprint density at radius 3 is 2.32 bits per heavy atom. The fourth-order valence-electron chi connectivity index (χ4n) is 2.76. The van der Waals surface area contributed by atoms with Crippen LogP contribution >= 0.6 is 0 Å². The fourth-order valence-corrected chi connectivity index (χ4v) is 2.76. The van der Waals surface area contributed by atoms with Gasteiger partial charge in [0.15, 0.2) is 0 Å². The molecule has 0 bridgehead atoms. The Morgan fingerprint density at radius 2 is 1.84 bits per heavy atom. The summed E-state index contributed by atoms with van der Waals surface area (Å²) in [5, 5.41) is 3.23. The molecule has 19 heavy (non-hydrogen) atoms. The monoisotopic (exact) mass is 268 g/mol. The summed E-state index contributed by atoms with van der Waals surface area (Å²) < 4.78 is 0. The summed E-state index contributed by atoms with van der Waals surface area (Å²) in [4.78, 5) is 27.6. The molecule has 2 rings (SSSR count). The molecule has 0 saturated carbocycles. The molecule has 2 fully saturated rings. The van der Waals surface area contributed by atoms with Crippen LogP contribution in [0.4, 0.5) is 0 Å². The molecule has 2 aliphatic rings. The summed E-state index contributed by atoms with van der Waals surface area (Å²) in [6, 6.07) is -0.00398. The van der Waals surface area contributed by atoms with E-state index < -0.39 is 5.54 Å². The summed E-state index contributed by atoms with van der Waals surface area (Å²) >= 11 is 0. The van der Waals surface area contributed by atoms with Crippen molar-refractivity contribution in [3.05, 3.63) is 0 Å². The smallest absolute Gasteiger partial charge is 0.239 e. The van der Waals surface area contributed by atoms with Crippen molar-refractivity contribution in [1.29, 1.82) is 0 Å². The van der Waals surface area contributed by atoms with Gasteiger partial charge in [-0.15, -0.1) is 0 Å². The van der Waals surface area contributed by atoms with Gasteiger partial charge in [-0.25, -0.2) is 0 Å². The number of primary amides is 1. The van der Waals surface area contributed by atoms with Crippen molar-refractivity contribution in [2.24, 2.45) is 5.73 Å². The average Bonchev–Trinajstić information content (AvgIpc) is 2.91. The van der Waals surface area contributed by atoms with Gasteiger partial charge in [0, 0.05) is 26.2 Å². The van der Waals surface area contributed by atoms with E-state index >= 15 is 0 Å². The van der Waals surface area contributed by atoms with E-state index in [2.05, 4.69) is 10.2 Å². The van der Waals surface area contributed by atoms with E-state index in [9.17, 15) is 9.59 Å². The molecule has 6 nitrogen and oxygen atoms in total. The maximum atomic E-state index is 12.2. The van der Waals surface area contributed by atoms with Gasteiger partial charge >= 0.3 is 0 Å². The molecular formula is C13H24N4O2. The third kappa shape index (κ3) is 2.90. The van der Waals surface area contributed by atoms with Crippen LogP contribution in [0.3, 0.4) is 0 Å².